The van der Waals surface area contributed by atoms with Crippen LogP contribution in [0.4, 0.5) is 8.78 Å². The molecule has 0 fully saturated rings. The molecule has 1 amide bonds. The fourth-order valence-corrected chi connectivity index (χ4v) is 2.17. The molecule has 7 nitrogen and oxygen atoms in total. The highest BCUT2D eigenvalue weighted by Crippen LogP contribution is 2.25. The minimum Gasteiger partial charge on any atom is -0.480 e. The predicted molar refractivity (Wildman–Crippen MR) is 91.1 cm³/mol. The molecule has 1 heterocycles. The van der Waals surface area contributed by atoms with Gasteiger partial charge in [0.05, 0.1) is 5.60 Å². The van der Waals surface area contributed by atoms with Gasteiger partial charge in [-0.15, -0.1) is 0 Å². The second-order valence-corrected chi connectivity index (χ2v) is 6.75. The zero-order chi connectivity index (χ0) is 20.2. The van der Waals surface area contributed by atoms with Crippen LogP contribution in [0.5, 0.6) is 0 Å². The zero-order valence-electron chi connectivity index (χ0n) is 15.1. The van der Waals surface area contributed by atoms with Crippen molar-refractivity contribution in [2.45, 2.75) is 38.8 Å². The van der Waals surface area contributed by atoms with E-state index in [9.17, 15) is 23.5 Å². The first kappa shape index (κ1) is 20.5. The molecule has 27 heavy (non-hydrogen) atoms. The summed E-state index contributed by atoms with van der Waals surface area (Å²) in [4.78, 5) is 27.3. The van der Waals surface area contributed by atoms with E-state index in [1.165, 1.54) is 6.07 Å². The number of carbonyl (C=O) groups excluding carboxylic acids is 1. The van der Waals surface area contributed by atoms with Crippen LogP contribution in [0.1, 0.15) is 37.7 Å². The Kier molecular flexibility index (Phi) is 6.27. The van der Waals surface area contributed by atoms with Crippen LogP contribution in [0.2, 0.25) is 0 Å². The van der Waals surface area contributed by atoms with Gasteiger partial charge >= 0.3 is 5.97 Å². The smallest absolute Gasteiger partial charge is 0.326 e. The first-order valence-corrected chi connectivity index (χ1v) is 8.16. The van der Waals surface area contributed by atoms with E-state index in [4.69, 9.17) is 9.15 Å². The maximum Gasteiger partial charge on any atom is 0.326 e. The van der Waals surface area contributed by atoms with Crippen LogP contribution in [-0.2, 0) is 9.53 Å². The van der Waals surface area contributed by atoms with Crippen LogP contribution in [0.25, 0.3) is 11.5 Å². The summed E-state index contributed by atoms with van der Waals surface area (Å²) in [7, 11) is 0. The van der Waals surface area contributed by atoms with E-state index in [-0.39, 0.29) is 18.7 Å². The van der Waals surface area contributed by atoms with Gasteiger partial charge in [0.2, 0.25) is 5.89 Å². The van der Waals surface area contributed by atoms with Crippen LogP contribution >= 0.6 is 0 Å². The first-order valence-electron chi connectivity index (χ1n) is 8.16. The number of ether oxygens (including phenoxy) is 1. The number of aliphatic carboxylic acids is 1. The second kappa shape index (κ2) is 8.26. The summed E-state index contributed by atoms with van der Waals surface area (Å²) >= 11 is 0. The lowest BCUT2D eigenvalue weighted by atomic mass is 10.1. The molecule has 1 atom stereocenters. The number of carbonyl (C=O) groups is 2. The number of hydrogen-bond donors (Lipinski definition) is 2. The third-order valence-electron chi connectivity index (χ3n) is 3.46. The fraction of sp³-hybridized carbons (Fsp3) is 0.389. The number of halogens is 2. The van der Waals surface area contributed by atoms with Crippen molar-refractivity contribution in [3.8, 4) is 11.5 Å². The molecule has 0 aliphatic rings. The Labute approximate surface area is 154 Å². The summed E-state index contributed by atoms with van der Waals surface area (Å²) < 4.78 is 38.0. The SMILES string of the molecule is CC(C)(C)OCCC(NC(=O)c1coc(-c2c(F)cccc2F)n1)C(=O)O. The molecule has 2 rings (SSSR count). The normalized spacial score (nSPS) is 12.6. The third-order valence-corrected chi connectivity index (χ3v) is 3.46. The molecule has 1 aromatic heterocycles. The minimum absolute atomic E-state index is 0.0327. The largest absolute Gasteiger partial charge is 0.480 e. The molecule has 0 saturated carbocycles. The molecule has 2 N–H and O–H groups in total. The number of nitrogens with one attached hydrogen (secondary N) is 1. The molecule has 0 aliphatic heterocycles. The average Bonchev–Trinajstić information content (AvgIpc) is 3.02. The maximum absolute atomic E-state index is 13.8. The van der Waals surface area contributed by atoms with Gasteiger partial charge < -0.3 is 19.6 Å². The van der Waals surface area contributed by atoms with E-state index in [0.717, 1.165) is 18.4 Å². The van der Waals surface area contributed by atoms with E-state index in [1.807, 2.05) is 20.8 Å². The molecule has 1 aromatic carbocycles. The highest BCUT2D eigenvalue weighted by molar-refractivity contribution is 5.95. The lowest BCUT2D eigenvalue weighted by Gasteiger charge is -2.21. The fourth-order valence-electron chi connectivity index (χ4n) is 2.17. The van der Waals surface area contributed by atoms with Gasteiger partial charge in [0.15, 0.2) is 5.69 Å². The Morgan fingerprint density at radius 2 is 1.93 bits per heavy atom. The van der Waals surface area contributed by atoms with Gasteiger partial charge in [0.1, 0.15) is 29.5 Å². The molecule has 0 bridgehead atoms. The summed E-state index contributed by atoms with van der Waals surface area (Å²) in [6.45, 7) is 5.58. The summed E-state index contributed by atoms with van der Waals surface area (Å²) in [5.74, 6) is -4.30. The number of amides is 1. The molecule has 1 unspecified atom stereocenters. The number of hydrogen-bond acceptors (Lipinski definition) is 5. The van der Waals surface area contributed by atoms with Crippen molar-refractivity contribution < 1.29 is 32.6 Å². The Bertz CT molecular complexity index is 809. The van der Waals surface area contributed by atoms with Gasteiger partial charge in [0, 0.05) is 13.0 Å². The monoisotopic (exact) mass is 382 g/mol. The van der Waals surface area contributed by atoms with E-state index < -0.39 is 46.6 Å². The van der Waals surface area contributed by atoms with Crippen molar-refractivity contribution in [3.05, 3.63) is 41.8 Å². The second-order valence-electron chi connectivity index (χ2n) is 6.75. The molecule has 0 spiro atoms. The van der Waals surface area contributed by atoms with E-state index in [0.29, 0.717) is 0 Å². The zero-order valence-corrected chi connectivity index (χ0v) is 15.1. The van der Waals surface area contributed by atoms with E-state index in [2.05, 4.69) is 10.3 Å². The number of aromatic nitrogens is 1. The van der Waals surface area contributed by atoms with Crippen molar-refractivity contribution >= 4 is 11.9 Å². The Hall–Kier alpha value is -2.81. The van der Waals surface area contributed by atoms with Gasteiger partial charge in [-0.3, -0.25) is 4.79 Å². The van der Waals surface area contributed by atoms with Gasteiger partial charge in [-0.1, -0.05) is 6.07 Å². The van der Waals surface area contributed by atoms with Crippen molar-refractivity contribution in [2.24, 2.45) is 0 Å². The van der Waals surface area contributed by atoms with Crippen molar-refractivity contribution in [1.29, 1.82) is 0 Å². The average molecular weight is 382 g/mol. The topological polar surface area (TPSA) is 102 Å². The third kappa shape index (κ3) is 5.58. The molecular weight excluding hydrogens is 362 g/mol. The minimum atomic E-state index is -1.25. The van der Waals surface area contributed by atoms with Gasteiger partial charge in [-0.05, 0) is 32.9 Å². The maximum atomic E-state index is 13.8. The quantitative estimate of drug-likeness (QED) is 0.763. The van der Waals surface area contributed by atoms with Crippen LogP contribution in [-0.4, -0.2) is 40.2 Å². The van der Waals surface area contributed by atoms with Gasteiger partial charge in [0.25, 0.3) is 5.91 Å². The van der Waals surface area contributed by atoms with Crippen LogP contribution in [0.15, 0.2) is 28.9 Å². The lowest BCUT2D eigenvalue weighted by molar-refractivity contribution is -0.140. The predicted octanol–water partition coefficient (Wildman–Crippen LogP) is 3.01. The van der Waals surface area contributed by atoms with Crippen LogP contribution in [0.3, 0.4) is 0 Å². The number of oxazole rings is 1. The molecule has 9 heteroatoms. The van der Waals surface area contributed by atoms with Crippen molar-refractivity contribution in [3.63, 3.8) is 0 Å². The Balaban J connectivity index is 2.09. The van der Waals surface area contributed by atoms with E-state index in [1.54, 1.807) is 0 Å². The standard InChI is InChI=1S/C18H20F2N2O5/c1-18(2,3)27-8-7-12(17(24)25)21-15(23)13-9-26-16(22-13)14-10(19)5-4-6-11(14)20/h4-6,9,12H,7-8H2,1-3H3,(H,21,23)(H,24,25). The van der Waals surface area contributed by atoms with Crippen molar-refractivity contribution in [2.75, 3.05) is 6.61 Å². The van der Waals surface area contributed by atoms with E-state index >= 15 is 0 Å². The van der Waals surface area contributed by atoms with Crippen LogP contribution < -0.4 is 5.32 Å². The lowest BCUT2D eigenvalue weighted by Crippen LogP contribution is -2.42. The van der Waals surface area contributed by atoms with Crippen LogP contribution in [0, 0.1) is 11.6 Å². The number of rotatable bonds is 7. The van der Waals surface area contributed by atoms with Crippen molar-refractivity contribution in [1.82, 2.24) is 10.3 Å². The number of carboxylic acids is 1. The summed E-state index contributed by atoms with van der Waals surface area (Å²) in [5, 5.41) is 11.5. The highest BCUT2D eigenvalue weighted by atomic mass is 19.1. The number of nitrogens with zero attached hydrogens (tertiary/aromatic N) is 1. The first-order chi connectivity index (χ1) is 12.6. The number of carboxylic acid groups (broad SMARTS) is 1. The van der Waals surface area contributed by atoms with Gasteiger partial charge in [-0.25, -0.2) is 18.6 Å². The highest BCUT2D eigenvalue weighted by Gasteiger charge is 2.24. The summed E-state index contributed by atoms with van der Waals surface area (Å²) in [5.41, 5.74) is -1.25. The molecule has 0 aliphatic carbocycles. The van der Waals surface area contributed by atoms with Gasteiger partial charge in [-0.2, -0.15) is 0 Å². The molecule has 0 saturated heterocycles. The molecule has 0 radical (unpaired) electrons. The summed E-state index contributed by atoms with van der Waals surface area (Å²) in [6, 6.07) is 2.02. The Morgan fingerprint density at radius 3 is 2.48 bits per heavy atom. The Morgan fingerprint density at radius 1 is 1.30 bits per heavy atom. The molecule has 146 valence electrons. The number of benzene rings is 1. The molecular formula is C18H20F2N2O5. The summed E-state index contributed by atoms with van der Waals surface area (Å²) in [6.07, 6.45) is 0.937. The molecule has 2 aromatic rings.